The number of benzene rings is 3. The summed E-state index contributed by atoms with van der Waals surface area (Å²) in [5.74, 6) is 0. The minimum atomic E-state index is 0.988. The third kappa shape index (κ3) is 5.12. The molecule has 134 valence electrons. The Morgan fingerprint density at radius 3 is 1.54 bits per heavy atom. The molecule has 0 nitrogen and oxygen atoms in total. The zero-order valence-corrected chi connectivity index (χ0v) is 17.9. The van der Waals surface area contributed by atoms with Crippen LogP contribution < -0.4 is 0 Å². The Bertz CT molecular complexity index is 836. The number of rotatable bonds is 7. The first-order valence-corrected chi connectivity index (χ1v) is 12.3. The van der Waals surface area contributed by atoms with Crippen molar-refractivity contribution in [1.82, 2.24) is 0 Å². The van der Waals surface area contributed by atoms with Crippen molar-refractivity contribution in [1.29, 1.82) is 0 Å². The molecule has 0 aromatic heterocycles. The molecule has 0 aliphatic heterocycles. The maximum atomic E-state index is 2.39. The van der Waals surface area contributed by atoms with Crippen LogP contribution in [-0.4, -0.2) is 18.8 Å². The Kier molecular flexibility index (Phi) is 7.18. The minimum absolute atomic E-state index is 0.988. The molecular formula is C23H24S3. The van der Waals surface area contributed by atoms with Crippen molar-refractivity contribution in [3.63, 3.8) is 0 Å². The highest BCUT2D eigenvalue weighted by atomic mass is 32.2. The lowest BCUT2D eigenvalue weighted by molar-refractivity contribution is 1.08. The zero-order valence-electron chi connectivity index (χ0n) is 15.5. The van der Waals surface area contributed by atoms with Gasteiger partial charge in [0.05, 0.1) is 0 Å². The summed E-state index contributed by atoms with van der Waals surface area (Å²) < 4.78 is 0. The fourth-order valence-corrected chi connectivity index (χ4v) is 4.44. The Morgan fingerprint density at radius 2 is 1.04 bits per heavy atom. The van der Waals surface area contributed by atoms with Crippen molar-refractivity contribution in [2.45, 2.75) is 27.5 Å². The summed E-state index contributed by atoms with van der Waals surface area (Å²) in [6.07, 6.45) is 8.38. The first-order chi connectivity index (χ1) is 12.7. The van der Waals surface area contributed by atoms with Gasteiger partial charge in [-0.2, -0.15) is 0 Å². The Hall–Kier alpha value is -1.29. The van der Waals surface area contributed by atoms with Crippen molar-refractivity contribution in [2.24, 2.45) is 0 Å². The molecule has 0 atom stereocenters. The lowest BCUT2D eigenvalue weighted by atomic mass is 9.99. The van der Waals surface area contributed by atoms with Gasteiger partial charge < -0.3 is 0 Å². The summed E-state index contributed by atoms with van der Waals surface area (Å²) in [6.45, 7) is 0. The van der Waals surface area contributed by atoms with Gasteiger partial charge in [0.25, 0.3) is 0 Å². The van der Waals surface area contributed by atoms with Gasteiger partial charge in [-0.3, -0.25) is 0 Å². The Morgan fingerprint density at radius 1 is 0.538 bits per heavy atom. The van der Waals surface area contributed by atoms with Gasteiger partial charge in [0, 0.05) is 14.7 Å². The van der Waals surface area contributed by atoms with Crippen LogP contribution in [-0.2, 0) is 12.8 Å². The number of thioether (sulfide) groups is 3. The second-order valence-corrected chi connectivity index (χ2v) is 8.80. The molecule has 0 N–H and O–H groups in total. The fourth-order valence-electron chi connectivity index (χ4n) is 3.02. The molecule has 26 heavy (non-hydrogen) atoms. The summed E-state index contributed by atoms with van der Waals surface area (Å²) in [5.41, 5.74) is 5.55. The fraction of sp³-hybridized carbons (Fsp3) is 0.217. The van der Waals surface area contributed by atoms with E-state index in [2.05, 4.69) is 85.5 Å². The average molecular weight is 397 g/mol. The quantitative estimate of drug-likeness (QED) is 0.393. The van der Waals surface area contributed by atoms with Gasteiger partial charge in [0.15, 0.2) is 0 Å². The van der Waals surface area contributed by atoms with E-state index in [1.165, 1.54) is 36.9 Å². The number of hydrogen-bond acceptors (Lipinski definition) is 3. The van der Waals surface area contributed by atoms with Gasteiger partial charge in [0.1, 0.15) is 0 Å². The molecule has 0 saturated heterocycles. The van der Waals surface area contributed by atoms with E-state index in [-0.39, 0.29) is 0 Å². The van der Waals surface area contributed by atoms with E-state index in [0.29, 0.717) is 0 Å². The summed E-state index contributed by atoms with van der Waals surface area (Å²) >= 11 is 5.42. The standard InChI is InChI=1S/C23H24S3/c1-24-21-9-4-17(5-10-21)14-19-8-13-23(26-3)20(16-19)15-18-6-11-22(25-2)12-7-18/h4-13,16H,14-15H2,1-3H3. The molecule has 0 fully saturated rings. The predicted molar refractivity (Wildman–Crippen MR) is 120 cm³/mol. The summed E-state index contributed by atoms with van der Waals surface area (Å²) in [5, 5.41) is 0. The van der Waals surface area contributed by atoms with Crippen LogP contribution in [0.25, 0.3) is 0 Å². The first kappa shape index (κ1) is 19.5. The van der Waals surface area contributed by atoms with E-state index in [4.69, 9.17) is 0 Å². The molecule has 3 aromatic carbocycles. The highest BCUT2D eigenvalue weighted by molar-refractivity contribution is 7.99. The first-order valence-electron chi connectivity index (χ1n) is 8.63. The van der Waals surface area contributed by atoms with Crippen molar-refractivity contribution in [2.75, 3.05) is 18.8 Å². The molecule has 3 heteroatoms. The van der Waals surface area contributed by atoms with Gasteiger partial charge in [-0.05, 0) is 84.2 Å². The van der Waals surface area contributed by atoms with Gasteiger partial charge in [-0.25, -0.2) is 0 Å². The van der Waals surface area contributed by atoms with Crippen molar-refractivity contribution in [3.8, 4) is 0 Å². The molecule has 0 bridgehead atoms. The van der Waals surface area contributed by atoms with Gasteiger partial charge in [0.2, 0.25) is 0 Å². The van der Waals surface area contributed by atoms with E-state index in [1.54, 1.807) is 23.5 Å². The normalized spacial score (nSPS) is 10.9. The average Bonchev–Trinajstić information content (AvgIpc) is 2.69. The van der Waals surface area contributed by atoms with Crippen LogP contribution in [0.1, 0.15) is 22.3 Å². The molecule has 3 aromatic rings. The third-order valence-corrected chi connectivity index (χ3v) is 6.79. The van der Waals surface area contributed by atoms with Crippen LogP contribution in [0.3, 0.4) is 0 Å². The zero-order chi connectivity index (χ0) is 18.4. The third-order valence-electron chi connectivity index (χ3n) is 4.47. The highest BCUT2D eigenvalue weighted by Gasteiger charge is 2.06. The second-order valence-electron chi connectivity index (χ2n) is 6.20. The Labute approximate surface area is 170 Å². The molecule has 0 saturated carbocycles. The predicted octanol–water partition coefficient (Wildman–Crippen LogP) is 7.03. The molecule has 0 radical (unpaired) electrons. The molecular weight excluding hydrogens is 372 g/mol. The van der Waals surface area contributed by atoms with Gasteiger partial charge >= 0.3 is 0 Å². The van der Waals surface area contributed by atoms with Gasteiger partial charge in [-0.1, -0.05) is 36.4 Å². The molecule has 0 amide bonds. The minimum Gasteiger partial charge on any atom is -0.130 e. The number of hydrogen-bond donors (Lipinski definition) is 0. The monoisotopic (exact) mass is 396 g/mol. The SMILES string of the molecule is CSc1ccc(Cc2ccc(SC)c(Cc3ccc(SC)cc3)c2)cc1. The molecule has 0 unspecified atom stereocenters. The van der Waals surface area contributed by atoms with Crippen molar-refractivity contribution < 1.29 is 0 Å². The lowest BCUT2D eigenvalue weighted by Crippen LogP contribution is -1.95. The van der Waals surface area contributed by atoms with Crippen molar-refractivity contribution >= 4 is 35.3 Å². The molecule has 0 heterocycles. The molecule has 3 rings (SSSR count). The Balaban J connectivity index is 1.80. The maximum Gasteiger partial charge on any atom is 0.0105 e. The van der Waals surface area contributed by atoms with Crippen LogP contribution in [0.4, 0.5) is 0 Å². The largest absolute Gasteiger partial charge is 0.130 e. The van der Waals surface area contributed by atoms with Gasteiger partial charge in [-0.15, -0.1) is 35.3 Å². The lowest BCUT2D eigenvalue weighted by Gasteiger charge is -2.11. The second kappa shape index (κ2) is 9.59. The van der Waals surface area contributed by atoms with Crippen LogP contribution in [0.15, 0.2) is 81.4 Å². The summed E-state index contributed by atoms with van der Waals surface area (Å²) in [6, 6.07) is 24.8. The highest BCUT2D eigenvalue weighted by Crippen LogP contribution is 2.26. The summed E-state index contributed by atoms with van der Waals surface area (Å²) in [4.78, 5) is 4.02. The van der Waals surface area contributed by atoms with Crippen LogP contribution in [0, 0.1) is 0 Å². The molecule has 0 spiro atoms. The van der Waals surface area contributed by atoms with E-state index in [0.717, 1.165) is 12.8 Å². The topological polar surface area (TPSA) is 0 Å². The molecule has 0 aliphatic carbocycles. The summed E-state index contributed by atoms with van der Waals surface area (Å²) in [7, 11) is 0. The van der Waals surface area contributed by atoms with E-state index < -0.39 is 0 Å². The maximum absolute atomic E-state index is 2.39. The van der Waals surface area contributed by atoms with Crippen LogP contribution in [0.5, 0.6) is 0 Å². The smallest absolute Gasteiger partial charge is 0.0105 e. The van der Waals surface area contributed by atoms with Crippen LogP contribution in [0.2, 0.25) is 0 Å². The van der Waals surface area contributed by atoms with E-state index in [1.807, 2.05) is 11.8 Å². The van der Waals surface area contributed by atoms with Crippen molar-refractivity contribution in [3.05, 3.63) is 89.0 Å². The molecule has 0 aliphatic rings. The van der Waals surface area contributed by atoms with E-state index in [9.17, 15) is 0 Å². The van der Waals surface area contributed by atoms with E-state index >= 15 is 0 Å². The van der Waals surface area contributed by atoms with Crippen LogP contribution >= 0.6 is 35.3 Å².